The molecule has 0 aromatic heterocycles. The normalized spacial score (nSPS) is 11.4. The topological polar surface area (TPSA) is 84.5 Å². The van der Waals surface area contributed by atoms with E-state index in [-0.39, 0.29) is 17.3 Å². The third-order valence-corrected chi connectivity index (χ3v) is 5.46. The zero-order valence-corrected chi connectivity index (χ0v) is 16.7. The Morgan fingerprint density at radius 2 is 1.85 bits per heavy atom. The molecule has 0 aliphatic carbocycles. The van der Waals surface area contributed by atoms with E-state index in [1.54, 1.807) is 24.3 Å². The molecule has 0 bridgehead atoms. The Balaban J connectivity index is 2.08. The van der Waals surface area contributed by atoms with Crippen LogP contribution in [0.5, 0.6) is 5.75 Å². The zero-order chi connectivity index (χ0) is 19.9. The minimum absolute atomic E-state index is 0.0499. The van der Waals surface area contributed by atoms with Gasteiger partial charge >= 0.3 is 0 Å². The van der Waals surface area contributed by atoms with E-state index in [4.69, 9.17) is 4.74 Å². The SMILES string of the molecule is COc1ccccc1CNS(=O)(=O)c1cccc(C(=O)NCCC(C)C)c1. The van der Waals surface area contributed by atoms with Crippen molar-refractivity contribution >= 4 is 15.9 Å². The van der Waals surface area contributed by atoms with Crippen molar-refractivity contribution < 1.29 is 17.9 Å². The molecular formula is C20H26N2O4S. The van der Waals surface area contributed by atoms with Crippen molar-refractivity contribution in [3.05, 3.63) is 59.7 Å². The van der Waals surface area contributed by atoms with Gasteiger partial charge in [-0.05, 0) is 36.6 Å². The molecule has 0 unspecified atom stereocenters. The fourth-order valence-electron chi connectivity index (χ4n) is 2.49. The molecule has 2 aromatic carbocycles. The lowest BCUT2D eigenvalue weighted by Crippen LogP contribution is -2.26. The number of sulfonamides is 1. The van der Waals surface area contributed by atoms with Gasteiger partial charge in [0.05, 0.1) is 12.0 Å². The quantitative estimate of drug-likeness (QED) is 0.689. The minimum Gasteiger partial charge on any atom is -0.496 e. The average Bonchev–Trinajstić information content (AvgIpc) is 2.66. The summed E-state index contributed by atoms with van der Waals surface area (Å²) in [5.41, 5.74) is 1.05. The summed E-state index contributed by atoms with van der Waals surface area (Å²) in [6.07, 6.45) is 0.865. The van der Waals surface area contributed by atoms with Crippen molar-refractivity contribution in [3.8, 4) is 5.75 Å². The van der Waals surface area contributed by atoms with E-state index >= 15 is 0 Å². The highest BCUT2D eigenvalue weighted by atomic mass is 32.2. The molecule has 2 aromatic rings. The Bertz CT molecular complexity index is 879. The Morgan fingerprint density at radius 3 is 2.56 bits per heavy atom. The number of rotatable bonds is 9. The van der Waals surface area contributed by atoms with Crippen LogP contribution in [-0.2, 0) is 16.6 Å². The lowest BCUT2D eigenvalue weighted by Gasteiger charge is -2.11. The van der Waals surface area contributed by atoms with Gasteiger partial charge in [0.2, 0.25) is 10.0 Å². The number of ether oxygens (including phenoxy) is 1. The first-order valence-electron chi connectivity index (χ1n) is 8.83. The predicted molar refractivity (Wildman–Crippen MR) is 105 cm³/mol. The van der Waals surface area contributed by atoms with Gasteiger partial charge < -0.3 is 10.1 Å². The lowest BCUT2D eigenvalue weighted by molar-refractivity contribution is 0.0952. The number of methoxy groups -OCH3 is 1. The number of carbonyl (C=O) groups excluding carboxylic acids is 1. The molecule has 0 spiro atoms. The van der Waals surface area contributed by atoms with Crippen LogP contribution in [0.25, 0.3) is 0 Å². The van der Waals surface area contributed by atoms with Crippen LogP contribution in [0.2, 0.25) is 0 Å². The van der Waals surface area contributed by atoms with Crippen molar-refractivity contribution in [2.24, 2.45) is 5.92 Å². The van der Waals surface area contributed by atoms with E-state index in [1.165, 1.54) is 19.2 Å². The summed E-state index contributed by atoms with van der Waals surface area (Å²) < 4.78 is 33.0. The maximum atomic E-state index is 12.6. The van der Waals surface area contributed by atoms with E-state index in [2.05, 4.69) is 23.9 Å². The Kier molecular flexibility index (Phi) is 7.38. The molecule has 146 valence electrons. The van der Waals surface area contributed by atoms with Crippen LogP contribution in [0.3, 0.4) is 0 Å². The third-order valence-electron chi connectivity index (χ3n) is 4.06. The largest absolute Gasteiger partial charge is 0.496 e. The van der Waals surface area contributed by atoms with Crippen LogP contribution in [0.1, 0.15) is 36.2 Å². The molecule has 7 heteroatoms. The summed E-state index contributed by atoms with van der Waals surface area (Å²) in [5.74, 6) is 0.812. The fraction of sp³-hybridized carbons (Fsp3) is 0.350. The van der Waals surface area contributed by atoms with Gasteiger partial charge in [-0.3, -0.25) is 4.79 Å². The van der Waals surface area contributed by atoms with Crippen molar-refractivity contribution in [1.82, 2.24) is 10.0 Å². The van der Waals surface area contributed by atoms with Crippen LogP contribution in [0.15, 0.2) is 53.4 Å². The lowest BCUT2D eigenvalue weighted by atomic mass is 10.1. The number of carbonyl (C=O) groups is 1. The smallest absolute Gasteiger partial charge is 0.251 e. The molecular weight excluding hydrogens is 364 g/mol. The Labute approximate surface area is 161 Å². The molecule has 6 nitrogen and oxygen atoms in total. The van der Waals surface area contributed by atoms with E-state index in [9.17, 15) is 13.2 Å². The zero-order valence-electron chi connectivity index (χ0n) is 15.9. The van der Waals surface area contributed by atoms with Crippen LogP contribution < -0.4 is 14.8 Å². The first-order valence-corrected chi connectivity index (χ1v) is 10.3. The minimum atomic E-state index is -3.76. The Morgan fingerprint density at radius 1 is 1.11 bits per heavy atom. The number of benzene rings is 2. The molecule has 0 aliphatic rings. The number of hydrogen-bond acceptors (Lipinski definition) is 4. The molecule has 0 fully saturated rings. The molecule has 0 saturated carbocycles. The van der Waals surface area contributed by atoms with Crippen molar-refractivity contribution in [2.45, 2.75) is 31.7 Å². The van der Waals surface area contributed by atoms with Crippen LogP contribution in [-0.4, -0.2) is 28.0 Å². The molecule has 0 heterocycles. The highest BCUT2D eigenvalue weighted by Gasteiger charge is 2.17. The average molecular weight is 391 g/mol. The first kappa shape index (κ1) is 20.9. The number of amides is 1. The van der Waals surface area contributed by atoms with Gasteiger partial charge in [-0.15, -0.1) is 0 Å². The highest BCUT2D eigenvalue weighted by molar-refractivity contribution is 7.89. The summed E-state index contributed by atoms with van der Waals surface area (Å²) in [7, 11) is -2.22. The van der Waals surface area contributed by atoms with Gasteiger partial charge in [0.15, 0.2) is 0 Å². The summed E-state index contributed by atoms with van der Waals surface area (Å²) in [6.45, 7) is 4.80. The second kappa shape index (κ2) is 9.53. The summed E-state index contributed by atoms with van der Waals surface area (Å²) in [5, 5.41) is 2.81. The molecule has 0 aliphatic heterocycles. The van der Waals surface area contributed by atoms with Gasteiger partial charge in [-0.1, -0.05) is 38.1 Å². The van der Waals surface area contributed by atoms with Crippen LogP contribution >= 0.6 is 0 Å². The summed E-state index contributed by atoms with van der Waals surface area (Å²) in [6, 6.07) is 13.2. The van der Waals surface area contributed by atoms with E-state index in [1.807, 2.05) is 12.1 Å². The molecule has 2 N–H and O–H groups in total. The number of hydrogen-bond donors (Lipinski definition) is 2. The first-order chi connectivity index (χ1) is 12.8. The van der Waals surface area contributed by atoms with Gasteiger partial charge in [0, 0.05) is 24.2 Å². The van der Waals surface area contributed by atoms with Crippen molar-refractivity contribution in [1.29, 1.82) is 0 Å². The monoisotopic (exact) mass is 390 g/mol. The Hall–Kier alpha value is -2.38. The van der Waals surface area contributed by atoms with E-state index in [0.717, 1.165) is 12.0 Å². The fourth-order valence-corrected chi connectivity index (χ4v) is 3.54. The predicted octanol–water partition coefficient (Wildman–Crippen LogP) is 2.95. The summed E-state index contributed by atoms with van der Waals surface area (Å²) in [4.78, 5) is 12.3. The van der Waals surface area contributed by atoms with E-state index < -0.39 is 10.0 Å². The molecule has 27 heavy (non-hydrogen) atoms. The van der Waals surface area contributed by atoms with Crippen LogP contribution in [0.4, 0.5) is 0 Å². The van der Waals surface area contributed by atoms with Gasteiger partial charge in [-0.25, -0.2) is 13.1 Å². The second-order valence-electron chi connectivity index (χ2n) is 6.60. The highest BCUT2D eigenvalue weighted by Crippen LogP contribution is 2.18. The molecule has 2 rings (SSSR count). The van der Waals surface area contributed by atoms with Gasteiger partial charge in [0.1, 0.15) is 5.75 Å². The molecule has 0 saturated heterocycles. The molecule has 1 amide bonds. The third kappa shape index (κ3) is 6.08. The molecule has 0 atom stereocenters. The maximum Gasteiger partial charge on any atom is 0.251 e. The molecule has 0 radical (unpaired) electrons. The van der Waals surface area contributed by atoms with Gasteiger partial charge in [0.25, 0.3) is 5.91 Å². The maximum absolute atomic E-state index is 12.6. The summed E-state index contributed by atoms with van der Waals surface area (Å²) >= 11 is 0. The number of para-hydroxylation sites is 1. The standard InChI is InChI=1S/C20H26N2O4S/c1-15(2)11-12-21-20(23)16-8-6-9-18(13-16)27(24,25)22-14-17-7-4-5-10-19(17)26-3/h4-10,13,15,22H,11-12,14H2,1-3H3,(H,21,23). The van der Waals surface area contributed by atoms with Crippen LogP contribution in [0, 0.1) is 5.92 Å². The second-order valence-corrected chi connectivity index (χ2v) is 8.37. The van der Waals surface area contributed by atoms with Gasteiger partial charge in [-0.2, -0.15) is 0 Å². The van der Waals surface area contributed by atoms with Crippen molar-refractivity contribution in [2.75, 3.05) is 13.7 Å². The van der Waals surface area contributed by atoms with E-state index in [0.29, 0.717) is 23.8 Å². The van der Waals surface area contributed by atoms with Crippen molar-refractivity contribution in [3.63, 3.8) is 0 Å². The number of nitrogens with one attached hydrogen (secondary N) is 2.